The Bertz CT molecular complexity index is 548. The van der Waals surface area contributed by atoms with Crippen LogP contribution in [0.3, 0.4) is 0 Å². The number of rotatable bonds is 8. The molecule has 0 unspecified atom stereocenters. The Morgan fingerprint density at radius 3 is 2.95 bits per heavy atom. The van der Waals surface area contributed by atoms with Gasteiger partial charge in [-0.2, -0.15) is 5.10 Å². The maximum Gasteiger partial charge on any atom is 0.289 e. The first kappa shape index (κ1) is 15.3. The summed E-state index contributed by atoms with van der Waals surface area (Å²) in [5, 5.41) is 13.2. The molecule has 21 heavy (non-hydrogen) atoms. The fraction of sp³-hybridized carbons (Fsp3) is 0.467. The molecule has 6 nitrogen and oxygen atoms in total. The first-order chi connectivity index (χ1) is 10.2. The molecular weight excluding hydrogens is 270 g/mol. The standard InChI is InChI=1S/C15H21N3O3/c1-2-3-8-17(10-11-19)15(20)14-6-5-13(21-14)12-18-9-4-7-16-18/h4-7,9,19H,2-3,8,10-12H2,1H3. The molecule has 0 aromatic carbocycles. The minimum Gasteiger partial charge on any atom is -0.454 e. The van der Waals surface area contributed by atoms with Crippen molar-refractivity contribution >= 4 is 5.91 Å². The third-order valence-corrected chi connectivity index (χ3v) is 3.19. The van der Waals surface area contributed by atoms with Crippen LogP contribution >= 0.6 is 0 Å². The number of aliphatic hydroxyl groups is 1. The highest BCUT2D eigenvalue weighted by atomic mass is 16.4. The molecule has 2 aromatic rings. The smallest absolute Gasteiger partial charge is 0.289 e. The van der Waals surface area contributed by atoms with Gasteiger partial charge < -0.3 is 14.4 Å². The lowest BCUT2D eigenvalue weighted by molar-refractivity contribution is 0.0685. The van der Waals surface area contributed by atoms with E-state index in [1.54, 1.807) is 27.9 Å². The van der Waals surface area contributed by atoms with Crippen molar-refractivity contribution in [3.63, 3.8) is 0 Å². The summed E-state index contributed by atoms with van der Waals surface area (Å²) in [6.45, 7) is 3.47. The number of hydrogen-bond donors (Lipinski definition) is 1. The van der Waals surface area contributed by atoms with Crippen molar-refractivity contribution in [1.29, 1.82) is 0 Å². The van der Waals surface area contributed by atoms with Gasteiger partial charge in [0.05, 0.1) is 13.2 Å². The van der Waals surface area contributed by atoms with Gasteiger partial charge in [-0.25, -0.2) is 0 Å². The van der Waals surface area contributed by atoms with Gasteiger partial charge in [-0.05, 0) is 24.6 Å². The van der Waals surface area contributed by atoms with Crippen molar-refractivity contribution in [2.45, 2.75) is 26.3 Å². The fourth-order valence-corrected chi connectivity index (χ4v) is 2.07. The molecule has 1 amide bonds. The third kappa shape index (κ3) is 4.19. The Kier molecular flexibility index (Phi) is 5.57. The summed E-state index contributed by atoms with van der Waals surface area (Å²) >= 11 is 0. The fourth-order valence-electron chi connectivity index (χ4n) is 2.07. The van der Waals surface area contributed by atoms with E-state index in [-0.39, 0.29) is 12.5 Å². The summed E-state index contributed by atoms with van der Waals surface area (Å²) in [5.41, 5.74) is 0. The maximum atomic E-state index is 12.4. The topological polar surface area (TPSA) is 71.5 Å². The molecule has 0 aliphatic heterocycles. The summed E-state index contributed by atoms with van der Waals surface area (Å²) in [5.74, 6) is 0.812. The predicted octanol–water partition coefficient (Wildman–Crippen LogP) is 1.76. The molecule has 2 rings (SSSR count). The van der Waals surface area contributed by atoms with Crippen molar-refractivity contribution in [2.24, 2.45) is 0 Å². The monoisotopic (exact) mass is 291 g/mol. The molecule has 0 atom stereocenters. The van der Waals surface area contributed by atoms with Crippen LogP contribution in [0.4, 0.5) is 0 Å². The van der Waals surface area contributed by atoms with Crippen LogP contribution in [-0.2, 0) is 6.54 Å². The van der Waals surface area contributed by atoms with E-state index >= 15 is 0 Å². The summed E-state index contributed by atoms with van der Waals surface area (Å²) in [4.78, 5) is 14.0. The summed E-state index contributed by atoms with van der Waals surface area (Å²) in [6.07, 6.45) is 5.44. The highest BCUT2D eigenvalue weighted by Crippen LogP contribution is 2.12. The highest BCUT2D eigenvalue weighted by molar-refractivity contribution is 5.91. The molecule has 0 aliphatic carbocycles. The SMILES string of the molecule is CCCCN(CCO)C(=O)c1ccc(Cn2cccn2)o1. The minimum atomic E-state index is -0.177. The zero-order valence-corrected chi connectivity index (χ0v) is 12.2. The second kappa shape index (κ2) is 7.64. The van der Waals surface area contributed by atoms with Gasteiger partial charge >= 0.3 is 0 Å². The molecule has 0 aliphatic rings. The van der Waals surface area contributed by atoms with E-state index in [1.807, 2.05) is 12.3 Å². The molecule has 2 heterocycles. The average molecular weight is 291 g/mol. The van der Waals surface area contributed by atoms with Gasteiger partial charge in [-0.3, -0.25) is 9.48 Å². The number of aliphatic hydroxyl groups excluding tert-OH is 1. The van der Waals surface area contributed by atoms with Crippen LogP contribution in [0.1, 0.15) is 36.1 Å². The second-order valence-corrected chi connectivity index (χ2v) is 4.84. The second-order valence-electron chi connectivity index (χ2n) is 4.84. The highest BCUT2D eigenvalue weighted by Gasteiger charge is 2.18. The van der Waals surface area contributed by atoms with Gasteiger partial charge in [0.2, 0.25) is 0 Å². The number of carbonyl (C=O) groups is 1. The van der Waals surface area contributed by atoms with Gasteiger partial charge in [0.15, 0.2) is 5.76 Å². The van der Waals surface area contributed by atoms with Crippen molar-refractivity contribution in [2.75, 3.05) is 19.7 Å². The zero-order valence-electron chi connectivity index (χ0n) is 12.2. The predicted molar refractivity (Wildman–Crippen MR) is 77.9 cm³/mol. The molecule has 0 radical (unpaired) electrons. The van der Waals surface area contributed by atoms with E-state index in [0.717, 1.165) is 12.8 Å². The third-order valence-electron chi connectivity index (χ3n) is 3.19. The number of furan rings is 1. The van der Waals surface area contributed by atoms with Gasteiger partial charge in [0, 0.05) is 25.5 Å². The van der Waals surface area contributed by atoms with Gasteiger partial charge in [0.1, 0.15) is 5.76 Å². The largest absolute Gasteiger partial charge is 0.454 e. The minimum absolute atomic E-state index is 0.0453. The van der Waals surface area contributed by atoms with Crippen LogP contribution in [0, 0.1) is 0 Å². The first-order valence-corrected chi connectivity index (χ1v) is 7.21. The molecule has 114 valence electrons. The molecule has 1 N–H and O–H groups in total. The molecule has 0 bridgehead atoms. The lowest BCUT2D eigenvalue weighted by Gasteiger charge is -2.20. The number of hydrogen-bond acceptors (Lipinski definition) is 4. The van der Waals surface area contributed by atoms with Crippen LogP contribution in [0.25, 0.3) is 0 Å². The number of nitrogens with zero attached hydrogens (tertiary/aromatic N) is 3. The van der Waals surface area contributed by atoms with Crippen LogP contribution in [0.2, 0.25) is 0 Å². The van der Waals surface area contributed by atoms with Crippen LogP contribution in [0.15, 0.2) is 35.0 Å². The molecule has 0 spiro atoms. The first-order valence-electron chi connectivity index (χ1n) is 7.21. The Morgan fingerprint density at radius 2 is 2.29 bits per heavy atom. The molecule has 0 saturated heterocycles. The van der Waals surface area contributed by atoms with Crippen LogP contribution < -0.4 is 0 Å². The number of carbonyl (C=O) groups excluding carboxylic acids is 1. The number of amides is 1. The summed E-state index contributed by atoms with van der Waals surface area (Å²) < 4.78 is 7.32. The molecule has 6 heteroatoms. The van der Waals surface area contributed by atoms with Crippen LogP contribution in [0.5, 0.6) is 0 Å². The van der Waals surface area contributed by atoms with E-state index in [4.69, 9.17) is 9.52 Å². The summed E-state index contributed by atoms with van der Waals surface area (Å²) in [7, 11) is 0. The normalized spacial score (nSPS) is 10.8. The van der Waals surface area contributed by atoms with Crippen molar-refractivity contribution in [1.82, 2.24) is 14.7 Å². The van der Waals surface area contributed by atoms with Crippen molar-refractivity contribution < 1.29 is 14.3 Å². The number of unbranched alkanes of at least 4 members (excludes halogenated alkanes) is 1. The van der Waals surface area contributed by atoms with Crippen molar-refractivity contribution in [3.8, 4) is 0 Å². The van der Waals surface area contributed by atoms with E-state index in [9.17, 15) is 4.79 Å². The van der Waals surface area contributed by atoms with E-state index in [2.05, 4.69) is 12.0 Å². The quantitative estimate of drug-likeness (QED) is 0.804. The Morgan fingerprint density at radius 1 is 1.43 bits per heavy atom. The lowest BCUT2D eigenvalue weighted by atomic mass is 10.3. The lowest BCUT2D eigenvalue weighted by Crippen LogP contribution is -2.34. The van der Waals surface area contributed by atoms with Crippen LogP contribution in [-0.4, -0.2) is 45.4 Å². The van der Waals surface area contributed by atoms with Gasteiger partial charge in [-0.15, -0.1) is 0 Å². The summed E-state index contributed by atoms with van der Waals surface area (Å²) in [6, 6.07) is 5.30. The molecule has 0 fully saturated rings. The zero-order chi connectivity index (χ0) is 15.1. The number of aromatic nitrogens is 2. The average Bonchev–Trinajstić information content (AvgIpc) is 3.15. The Balaban J connectivity index is 2.02. The van der Waals surface area contributed by atoms with E-state index < -0.39 is 0 Å². The maximum absolute atomic E-state index is 12.4. The molecule has 0 saturated carbocycles. The Labute approximate surface area is 124 Å². The van der Waals surface area contributed by atoms with Gasteiger partial charge in [0.25, 0.3) is 5.91 Å². The molecule has 2 aromatic heterocycles. The van der Waals surface area contributed by atoms with Gasteiger partial charge in [-0.1, -0.05) is 13.3 Å². The van der Waals surface area contributed by atoms with Crippen molar-refractivity contribution in [3.05, 3.63) is 42.1 Å². The molecular formula is C15H21N3O3. The van der Waals surface area contributed by atoms with E-state index in [0.29, 0.717) is 31.2 Å². The van der Waals surface area contributed by atoms with E-state index in [1.165, 1.54) is 0 Å². The Hall–Kier alpha value is -2.08.